The molecule has 3 heteroatoms. The molecule has 0 spiro atoms. The Morgan fingerprint density at radius 3 is 2.47 bits per heavy atom. The molecule has 0 bridgehead atoms. The van der Waals surface area contributed by atoms with Crippen molar-refractivity contribution in [3.05, 3.63) is 12.2 Å². The molecule has 0 aliphatic heterocycles. The van der Waals surface area contributed by atoms with Crippen LogP contribution in [0.15, 0.2) is 12.2 Å². The second-order valence-electron chi connectivity index (χ2n) is 4.55. The number of carbonyl (C=O) groups excluding carboxylic acids is 1. The minimum Gasteiger partial charge on any atom is -0.461 e. The summed E-state index contributed by atoms with van der Waals surface area (Å²) >= 11 is 0. The van der Waals surface area contributed by atoms with Gasteiger partial charge in [-0.05, 0) is 39.0 Å². The van der Waals surface area contributed by atoms with Gasteiger partial charge < -0.3 is 10.5 Å². The fraction of sp³-hybridized carbons (Fsp3) is 0.786. The Balaban J connectivity index is 3.64. The van der Waals surface area contributed by atoms with Gasteiger partial charge in [-0.25, -0.2) is 0 Å². The highest BCUT2D eigenvalue weighted by atomic mass is 16.5. The molecule has 0 saturated carbocycles. The van der Waals surface area contributed by atoms with E-state index in [1.54, 1.807) is 0 Å². The predicted molar refractivity (Wildman–Crippen MR) is 71.7 cm³/mol. The van der Waals surface area contributed by atoms with E-state index in [0.717, 1.165) is 32.1 Å². The van der Waals surface area contributed by atoms with Crippen LogP contribution in [0.25, 0.3) is 0 Å². The molecular formula is C14H27NO2. The van der Waals surface area contributed by atoms with Crippen LogP contribution < -0.4 is 5.73 Å². The van der Waals surface area contributed by atoms with Crippen molar-refractivity contribution in [1.29, 1.82) is 0 Å². The first-order chi connectivity index (χ1) is 8.07. The van der Waals surface area contributed by atoms with Crippen LogP contribution in [-0.2, 0) is 9.53 Å². The van der Waals surface area contributed by atoms with Crippen LogP contribution >= 0.6 is 0 Å². The van der Waals surface area contributed by atoms with Crippen molar-refractivity contribution in [2.75, 3.05) is 0 Å². The van der Waals surface area contributed by atoms with Crippen molar-refractivity contribution in [1.82, 2.24) is 0 Å². The highest BCUT2D eigenvalue weighted by Crippen LogP contribution is 2.10. The summed E-state index contributed by atoms with van der Waals surface area (Å²) in [5, 5.41) is 0. The van der Waals surface area contributed by atoms with E-state index in [4.69, 9.17) is 10.5 Å². The van der Waals surface area contributed by atoms with E-state index in [0.29, 0.717) is 0 Å². The Hall–Kier alpha value is -0.830. The molecule has 0 aliphatic rings. The monoisotopic (exact) mass is 241 g/mol. The zero-order valence-corrected chi connectivity index (χ0v) is 11.4. The topological polar surface area (TPSA) is 52.3 Å². The van der Waals surface area contributed by atoms with E-state index >= 15 is 0 Å². The Kier molecular flexibility index (Phi) is 9.83. The van der Waals surface area contributed by atoms with Crippen molar-refractivity contribution in [2.45, 2.75) is 71.4 Å². The summed E-state index contributed by atoms with van der Waals surface area (Å²) in [6.45, 7) is 5.49. The molecule has 0 saturated heterocycles. The van der Waals surface area contributed by atoms with Crippen LogP contribution in [0.4, 0.5) is 0 Å². The van der Waals surface area contributed by atoms with Crippen molar-refractivity contribution < 1.29 is 9.53 Å². The summed E-state index contributed by atoms with van der Waals surface area (Å²) in [6.07, 6.45) is 10.8. The molecule has 0 aromatic carbocycles. The van der Waals surface area contributed by atoms with Gasteiger partial charge in [0.25, 0.3) is 0 Å². The maximum Gasteiger partial charge on any atom is 0.302 e. The SMILES string of the molecule is CCC/C=C\CCCC[C@H](OC(C)=O)[C@@H](C)N. The molecule has 0 aromatic rings. The summed E-state index contributed by atoms with van der Waals surface area (Å²) < 4.78 is 5.17. The first kappa shape index (κ1) is 16.2. The highest BCUT2D eigenvalue weighted by Gasteiger charge is 2.15. The number of carbonyl (C=O) groups is 1. The van der Waals surface area contributed by atoms with E-state index in [9.17, 15) is 4.79 Å². The highest BCUT2D eigenvalue weighted by molar-refractivity contribution is 5.66. The molecule has 0 aromatic heterocycles. The van der Waals surface area contributed by atoms with Gasteiger partial charge in [0.05, 0.1) is 0 Å². The Morgan fingerprint density at radius 1 is 1.29 bits per heavy atom. The normalized spacial score (nSPS) is 14.8. The Labute approximate surface area is 105 Å². The maximum atomic E-state index is 10.9. The van der Waals surface area contributed by atoms with E-state index < -0.39 is 0 Å². The number of rotatable bonds is 9. The smallest absolute Gasteiger partial charge is 0.302 e. The number of nitrogens with two attached hydrogens (primary N) is 1. The molecule has 0 aliphatic carbocycles. The van der Waals surface area contributed by atoms with Gasteiger partial charge >= 0.3 is 5.97 Å². The molecule has 0 radical (unpaired) electrons. The van der Waals surface area contributed by atoms with Gasteiger partial charge in [-0.15, -0.1) is 0 Å². The lowest BCUT2D eigenvalue weighted by Gasteiger charge is -2.20. The number of unbranched alkanes of at least 4 members (excludes halogenated alkanes) is 3. The minimum absolute atomic E-state index is 0.0884. The summed E-state index contributed by atoms with van der Waals surface area (Å²) in [5.74, 6) is -0.241. The van der Waals surface area contributed by atoms with Gasteiger partial charge in [0, 0.05) is 13.0 Å². The Bertz CT molecular complexity index is 224. The Morgan fingerprint density at radius 2 is 1.94 bits per heavy atom. The van der Waals surface area contributed by atoms with E-state index in [-0.39, 0.29) is 18.1 Å². The van der Waals surface area contributed by atoms with Crippen molar-refractivity contribution >= 4 is 5.97 Å². The number of hydrogen-bond donors (Lipinski definition) is 1. The van der Waals surface area contributed by atoms with Crippen molar-refractivity contribution in [3.63, 3.8) is 0 Å². The van der Waals surface area contributed by atoms with Crippen LogP contribution in [-0.4, -0.2) is 18.1 Å². The number of allylic oxidation sites excluding steroid dienone is 2. The molecule has 100 valence electrons. The van der Waals surface area contributed by atoms with Gasteiger partial charge in [-0.2, -0.15) is 0 Å². The summed E-state index contributed by atoms with van der Waals surface area (Å²) in [5.41, 5.74) is 5.77. The standard InChI is InChI=1S/C14H27NO2/c1-4-5-6-7-8-9-10-11-14(12(2)15)17-13(3)16/h6-7,12,14H,4-5,8-11,15H2,1-3H3/b7-6-/t12-,14+/m1/s1. The van der Waals surface area contributed by atoms with Crippen molar-refractivity contribution in [3.8, 4) is 0 Å². The van der Waals surface area contributed by atoms with Crippen LogP contribution in [0.3, 0.4) is 0 Å². The van der Waals surface area contributed by atoms with Crippen LogP contribution in [0.5, 0.6) is 0 Å². The second-order valence-corrected chi connectivity index (χ2v) is 4.55. The molecule has 0 rings (SSSR count). The van der Waals surface area contributed by atoms with Gasteiger partial charge in [0.15, 0.2) is 0 Å². The predicted octanol–water partition coefficient (Wildman–Crippen LogP) is 3.18. The number of hydrogen-bond acceptors (Lipinski definition) is 3. The molecule has 0 heterocycles. The molecule has 2 N–H and O–H groups in total. The van der Waals surface area contributed by atoms with Crippen LogP contribution in [0, 0.1) is 0 Å². The average Bonchev–Trinajstić information content (AvgIpc) is 2.25. The number of esters is 1. The fourth-order valence-electron chi connectivity index (χ4n) is 1.65. The zero-order chi connectivity index (χ0) is 13.1. The number of ether oxygens (including phenoxy) is 1. The molecule has 3 nitrogen and oxygen atoms in total. The molecule has 0 fully saturated rings. The zero-order valence-electron chi connectivity index (χ0n) is 11.4. The largest absolute Gasteiger partial charge is 0.461 e. The second kappa shape index (κ2) is 10.3. The summed E-state index contributed by atoms with van der Waals surface area (Å²) in [7, 11) is 0. The van der Waals surface area contributed by atoms with Gasteiger partial charge in [-0.1, -0.05) is 25.5 Å². The minimum atomic E-state index is -0.241. The third kappa shape index (κ3) is 10.1. The maximum absolute atomic E-state index is 10.9. The first-order valence-electron chi connectivity index (χ1n) is 6.65. The molecule has 17 heavy (non-hydrogen) atoms. The summed E-state index contributed by atoms with van der Waals surface area (Å²) in [4.78, 5) is 10.9. The third-order valence-electron chi connectivity index (χ3n) is 2.64. The fourth-order valence-corrected chi connectivity index (χ4v) is 1.65. The van der Waals surface area contributed by atoms with Gasteiger partial charge in [0.2, 0.25) is 0 Å². The quantitative estimate of drug-likeness (QED) is 0.383. The third-order valence-corrected chi connectivity index (χ3v) is 2.64. The molecule has 0 amide bonds. The van der Waals surface area contributed by atoms with Gasteiger partial charge in [-0.3, -0.25) is 4.79 Å². The van der Waals surface area contributed by atoms with Crippen LogP contribution in [0.2, 0.25) is 0 Å². The van der Waals surface area contributed by atoms with E-state index in [1.807, 2.05) is 6.92 Å². The molecule has 0 unspecified atom stereocenters. The first-order valence-corrected chi connectivity index (χ1v) is 6.65. The average molecular weight is 241 g/mol. The molecule has 2 atom stereocenters. The lowest BCUT2D eigenvalue weighted by molar-refractivity contribution is -0.147. The van der Waals surface area contributed by atoms with Gasteiger partial charge in [0.1, 0.15) is 6.10 Å². The lowest BCUT2D eigenvalue weighted by atomic mass is 10.1. The summed E-state index contributed by atoms with van der Waals surface area (Å²) in [6, 6.07) is -0.0884. The molecular weight excluding hydrogens is 214 g/mol. The van der Waals surface area contributed by atoms with E-state index in [1.165, 1.54) is 13.3 Å². The van der Waals surface area contributed by atoms with Crippen molar-refractivity contribution in [2.24, 2.45) is 5.73 Å². The lowest BCUT2D eigenvalue weighted by Crippen LogP contribution is -2.35. The van der Waals surface area contributed by atoms with Crippen LogP contribution in [0.1, 0.15) is 59.3 Å². The van der Waals surface area contributed by atoms with E-state index in [2.05, 4.69) is 19.1 Å².